The van der Waals surface area contributed by atoms with Crippen molar-refractivity contribution >= 4 is 15.9 Å². The Hall–Kier alpha value is -0.780. The Kier molecular flexibility index (Phi) is 6.96. The molecule has 0 N–H and O–H groups in total. The third kappa shape index (κ3) is 5.95. The van der Waals surface area contributed by atoms with Gasteiger partial charge in [0.1, 0.15) is 0 Å². The van der Waals surface area contributed by atoms with Gasteiger partial charge < -0.3 is 4.74 Å². The molecule has 0 unspecified atom stereocenters. The van der Waals surface area contributed by atoms with Gasteiger partial charge in [-0.05, 0) is 18.9 Å². The molecule has 1 aromatic rings. The predicted molar refractivity (Wildman–Crippen MR) is 71.6 cm³/mol. The van der Waals surface area contributed by atoms with Crippen LogP contribution in [0.5, 0.6) is 0 Å². The summed E-state index contributed by atoms with van der Waals surface area (Å²) in [6.07, 6.45) is 1.92. The van der Waals surface area contributed by atoms with Gasteiger partial charge in [0.2, 0.25) is 0 Å². The van der Waals surface area contributed by atoms with Gasteiger partial charge in [-0.2, -0.15) is 0 Å². The van der Waals surface area contributed by atoms with Crippen molar-refractivity contribution in [2.24, 2.45) is 0 Å². The molecule has 0 radical (unpaired) electrons. The SMILES string of the molecule is Cc1ccc(COCCCC#CCBr)cc1. The lowest BCUT2D eigenvalue weighted by Gasteiger charge is -2.03. The fourth-order valence-electron chi connectivity index (χ4n) is 1.27. The summed E-state index contributed by atoms with van der Waals surface area (Å²) in [7, 11) is 0. The van der Waals surface area contributed by atoms with Crippen LogP contribution in [0.2, 0.25) is 0 Å². The van der Waals surface area contributed by atoms with Gasteiger partial charge in [0, 0.05) is 13.0 Å². The summed E-state index contributed by atoms with van der Waals surface area (Å²) in [4.78, 5) is 0. The molecular weight excluding hydrogens is 264 g/mol. The second kappa shape index (κ2) is 8.38. The number of hydrogen-bond acceptors (Lipinski definition) is 1. The Bertz CT molecular complexity index is 345. The molecule has 0 spiro atoms. The molecule has 0 atom stereocenters. The number of unbranched alkanes of at least 4 members (excludes halogenated alkanes) is 1. The lowest BCUT2D eigenvalue weighted by atomic mass is 10.2. The number of rotatable bonds is 5. The molecule has 0 fully saturated rings. The average Bonchev–Trinajstić information content (AvgIpc) is 2.30. The lowest BCUT2D eigenvalue weighted by Crippen LogP contribution is -1.95. The molecule has 0 amide bonds. The molecule has 86 valence electrons. The van der Waals surface area contributed by atoms with Gasteiger partial charge in [-0.3, -0.25) is 0 Å². The van der Waals surface area contributed by atoms with Crippen LogP contribution in [0, 0.1) is 18.8 Å². The van der Waals surface area contributed by atoms with Crippen LogP contribution in [0.1, 0.15) is 24.0 Å². The maximum atomic E-state index is 5.56. The van der Waals surface area contributed by atoms with Crippen molar-refractivity contribution < 1.29 is 4.74 Å². The van der Waals surface area contributed by atoms with Crippen LogP contribution in [-0.2, 0) is 11.3 Å². The van der Waals surface area contributed by atoms with Crippen LogP contribution in [0.15, 0.2) is 24.3 Å². The van der Waals surface area contributed by atoms with Gasteiger partial charge in [0.15, 0.2) is 0 Å². The second-order valence-corrected chi connectivity index (χ2v) is 4.19. The molecule has 1 rings (SSSR count). The summed E-state index contributed by atoms with van der Waals surface area (Å²) >= 11 is 3.26. The van der Waals surface area contributed by atoms with Crippen LogP contribution in [0.25, 0.3) is 0 Å². The van der Waals surface area contributed by atoms with Gasteiger partial charge in [-0.15, -0.1) is 5.92 Å². The van der Waals surface area contributed by atoms with E-state index in [4.69, 9.17) is 4.74 Å². The topological polar surface area (TPSA) is 9.23 Å². The summed E-state index contributed by atoms with van der Waals surface area (Å²) in [5.74, 6) is 6.04. The average molecular weight is 281 g/mol. The highest BCUT2D eigenvalue weighted by molar-refractivity contribution is 9.09. The quantitative estimate of drug-likeness (QED) is 0.454. The normalized spacial score (nSPS) is 9.62. The zero-order valence-corrected chi connectivity index (χ0v) is 11.2. The van der Waals surface area contributed by atoms with Crippen LogP contribution >= 0.6 is 15.9 Å². The standard InChI is InChI=1S/C14H17BrO/c1-13-6-8-14(9-7-13)12-16-11-5-3-2-4-10-15/h6-9H,3,5,10-12H2,1H3. The fourth-order valence-corrected chi connectivity index (χ4v) is 1.47. The van der Waals surface area contributed by atoms with Gasteiger partial charge >= 0.3 is 0 Å². The first kappa shape index (κ1) is 13.3. The Morgan fingerprint density at radius 1 is 1.19 bits per heavy atom. The van der Waals surface area contributed by atoms with Crippen molar-refractivity contribution in [1.82, 2.24) is 0 Å². The van der Waals surface area contributed by atoms with E-state index in [1.807, 2.05) is 0 Å². The molecule has 2 heteroatoms. The van der Waals surface area contributed by atoms with Crippen LogP contribution in [0.3, 0.4) is 0 Å². The van der Waals surface area contributed by atoms with E-state index in [2.05, 4.69) is 59.0 Å². The number of ether oxygens (including phenoxy) is 1. The Morgan fingerprint density at radius 2 is 1.94 bits per heavy atom. The first-order valence-electron chi connectivity index (χ1n) is 5.48. The minimum Gasteiger partial charge on any atom is -0.377 e. The molecule has 0 aliphatic carbocycles. The molecule has 0 saturated heterocycles. The molecular formula is C14H17BrO. The minimum absolute atomic E-state index is 0.701. The first-order valence-corrected chi connectivity index (χ1v) is 6.60. The van der Waals surface area contributed by atoms with Crippen LogP contribution in [-0.4, -0.2) is 11.9 Å². The van der Waals surface area contributed by atoms with E-state index < -0.39 is 0 Å². The summed E-state index contributed by atoms with van der Waals surface area (Å²) < 4.78 is 5.56. The van der Waals surface area contributed by atoms with E-state index in [9.17, 15) is 0 Å². The van der Waals surface area contributed by atoms with Gasteiger partial charge in [-0.1, -0.05) is 51.7 Å². The zero-order chi connectivity index (χ0) is 11.6. The van der Waals surface area contributed by atoms with Gasteiger partial charge in [-0.25, -0.2) is 0 Å². The van der Waals surface area contributed by atoms with Crippen LogP contribution in [0.4, 0.5) is 0 Å². The van der Waals surface area contributed by atoms with Gasteiger partial charge in [0.05, 0.1) is 11.9 Å². The molecule has 0 aliphatic heterocycles. The summed E-state index contributed by atoms with van der Waals surface area (Å²) in [5.41, 5.74) is 2.52. The third-order valence-corrected chi connectivity index (χ3v) is 2.45. The van der Waals surface area contributed by atoms with Crippen molar-refractivity contribution in [2.75, 3.05) is 11.9 Å². The largest absolute Gasteiger partial charge is 0.377 e. The van der Waals surface area contributed by atoms with Crippen molar-refractivity contribution in [1.29, 1.82) is 0 Å². The maximum Gasteiger partial charge on any atom is 0.0716 e. The highest BCUT2D eigenvalue weighted by atomic mass is 79.9. The molecule has 0 heterocycles. The fraction of sp³-hybridized carbons (Fsp3) is 0.429. The monoisotopic (exact) mass is 280 g/mol. The summed E-state index contributed by atoms with van der Waals surface area (Å²) in [5, 5.41) is 0.761. The lowest BCUT2D eigenvalue weighted by molar-refractivity contribution is 0.119. The molecule has 1 aromatic carbocycles. The third-order valence-electron chi connectivity index (χ3n) is 2.17. The van der Waals surface area contributed by atoms with E-state index in [1.165, 1.54) is 11.1 Å². The van der Waals surface area contributed by atoms with Crippen molar-refractivity contribution in [3.05, 3.63) is 35.4 Å². The van der Waals surface area contributed by atoms with Crippen molar-refractivity contribution in [3.63, 3.8) is 0 Å². The zero-order valence-electron chi connectivity index (χ0n) is 9.63. The first-order chi connectivity index (χ1) is 7.83. The number of hydrogen-bond donors (Lipinski definition) is 0. The molecule has 1 nitrogen and oxygen atoms in total. The molecule has 0 aromatic heterocycles. The highest BCUT2D eigenvalue weighted by Crippen LogP contribution is 2.04. The molecule has 0 aliphatic rings. The Labute approximate surface area is 106 Å². The highest BCUT2D eigenvalue weighted by Gasteiger charge is 1.92. The predicted octanol–water partition coefficient (Wildman–Crippen LogP) is 3.69. The van der Waals surface area contributed by atoms with E-state index >= 15 is 0 Å². The number of halogens is 1. The van der Waals surface area contributed by atoms with E-state index in [0.29, 0.717) is 6.61 Å². The molecule has 0 saturated carbocycles. The minimum atomic E-state index is 0.701. The molecule has 0 bridgehead atoms. The summed E-state index contributed by atoms with van der Waals surface area (Å²) in [6.45, 7) is 3.57. The Balaban J connectivity index is 2.09. The smallest absolute Gasteiger partial charge is 0.0716 e. The Morgan fingerprint density at radius 3 is 2.62 bits per heavy atom. The second-order valence-electron chi connectivity index (χ2n) is 3.63. The number of aryl methyl sites for hydroxylation is 1. The maximum absolute atomic E-state index is 5.56. The molecule has 16 heavy (non-hydrogen) atoms. The van der Waals surface area contributed by atoms with Crippen molar-refractivity contribution in [2.45, 2.75) is 26.4 Å². The van der Waals surface area contributed by atoms with Gasteiger partial charge in [0.25, 0.3) is 0 Å². The number of benzene rings is 1. The summed E-state index contributed by atoms with van der Waals surface area (Å²) in [6, 6.07) is 8.44. The van der Waals surface area contributed by atoms with E-state index in [1.54, 1.807) is 0 Å². The number of alkyl halides is 1. The van der Waals surface area contributed by atoms with E-state index in [0.717, 1.165) is 24.8 Å². The van der Waals surface area contributed by atoms with Crippen LogP contribution < -0.4 is 0 Å². The van der Waals surface area contributed by atoms with E-state index in [-0.39, 0.29) is 0 Å². The van der Waals surface area contributed by atoms with Crippen molar-refractivity contribution in [3.8, 4) is 11.8 Å².